The summed E-state index contributed by atoms with van der Waals surface area (Å²) in [5.41, 5.74) is 0.538. The topological polar surface area (TPSA) is 111 Å². The van der Waals surface area contributed by atoms with Gasteiger partial charge in [-0.2, -0.15) is 0 Å². The molecule has 0 unspecified atom stereocenters. The number of hydrogen-bond acceptors (Lipinski definition) is 8. The molecule has 12 heteroatoms. The molecule has 1 amide bonds. The lowest BCUT2D eigenvalue weighted by molar-refractivity contribution is -0.384. The molecule has 0 saturated heterocycles. The maximum atomic E-state index is 14.6. The maximum absolute atomic E-state index is 14.6. The first kappa shape index (κ1) is 28.7. The highest BCUT2D eigenvalue weighted by Gasteiger charge is 2.33. The maximum Gasteiger partial charge on any atom is 0.415 e. The highest BCUT2D eigenvalue weighted by atomic mass is 32.1. The zero-order valence-electron chi connectivity index (χ0n) is 21.1. The molecule has 38 heavy (non-hydrogen) atoms. The molecule has 3 aromatic rings. The van der Waals surface area contributed by atoms with Crippen LogP contribution < -0.4 is 10.2 Å². The zero-order valence-corrected chi connectivity index (χ0v) is 21.9. The van der Waals surface area contributed by atoms with E-state index >= 15 is 0 Å². The molecule has 0 bridgehead atoms. The number of nitro groups is 1. The lowest BCUT2D eigenvalue weighted by Crippen LogP contribution is -2.33. The molecule has 0 spiro atoms. The summed E-state index contributed by atoms with van der Waals surface area (Å²) in [7, 11) is 1.66. The lowest BCUT2D eigenvalue weighted by Gasteiger charge is -2.22. The molecule has 0 fully saturated rings. The molecular formula is C26H27F2N3O6S. The Labute approximate surface area is 222 Å². The van der Waals surface area contributed by atoms with Crippen molar-refractivity contribution in [3.63, 3.8) is 0 Å². The quantitative estimate of drug-likeness (QED) is 0.177. The molecule has 0 radical (unpaired) electrons. The highest BCUT2D eigenvalue weighted by molar-refractivity contribution is 7.20. The van der Waals surface area contributed by atoms with E-state index in [4.69, 9.17) is 9.47 Å². The van der Waals surface area contributed by atoms with E-state index in [1.807, 2.05) is 0 Å². The Morgan fingerprint density at radius 2 is 1.71 bits per heavy atom. The summed E-state index contributed by atoms with van der Waals surface area (Å²) in [6.45, 7) is 3.13. The van der Waals surface area contributed by atoms with E-state index in [1.165, 1.54) is 30.3 Å². The smallest absolute Gasteiger partial charge is 0.415 e. The number of rotatable bonds is 11. The predicted molar refractivity (Wildman–Crippen MR) is 139 cm³/mol. The van der Waals surface area contributed by atoms with Crippen LogP contribution in [0.25, 0.3) is 10.4 Å². The van der Waals surface area contributed by atoms with Crippen molar-refractivity contribution in [3.8, 4) is 10.4 Å². The first-order valence-electron chi connectivity index (χ1n) is 11.8. The SMILES string of the molecule is CCCOC(=O)N(Cc1c(F)cccc1F)c1sc(-c2ccc([N+](=O)[O-])cc2)c(CNC)c1C(=O)OCC. The Kier molecular flexibility index (Phi) is 9.85. The number of non-ortho nitro benzene ring substituents is 1. The second-order valence-corrected chi connectivity index (χ2v) is 9.04. The van der Waals surface area contributed by atoms with Crippen LogP contribution in [0.5, 0.6) is 0 Å². The summed E-state index contributed by atoms with van der Waals surface area (Å²) >= 11 is 1.02. The van der Waals surface area contributed by atoms with Crippen molar-refractivity contribution in [2.24, 2.45) is 0 Å². The molecule has 1 N–H and O–H groups in total. The highest BCUT2D eigenvalue weighted by Crippen LogP contribution is 2.44. The Morgan fingerprint density at radius 1 is 1.05 bits per heavy atom. The summed E-state index contributed by atoms with van der Waals surface area (Å²) in [5.74, 6) is -2.46. The van der Waals surface area contributed by atoms with E-state index in [2.05, 4.69) is 5.32 Å². The number of thiophene rings is 1. The van der Waals surface area contributed by atoms with Crippen LogP contribution >= 0.6 is 11.3 Å². The van der Waals surface area contributed by atoms with Gasteiger partial charge in [0.1, 0.15) is 16.6 Å². The van der Waals surface area contributed by atoms with Gasteiger partial charge in [-0.25, -0.2) is 18.4 Å². The van der Waals surface area contributed by atoms with Crippen molar-refractivity contribution < 1.29 is 32.8 Å². The molecule has 2 aromatic carbocycles. The van der Waals surface area contributed by atoms with Crippen LogP contribution in [0.1, 0.15) is 41.8 Å². The van der Waals surface area contributed by atoms with Crippen molar-refractivity contribution in [2.45, 2.75) is 33.4 Å². The second kappa shape index (κ2) is 13.1. The first-order chi connectivity index (χ1) is 18.2. The minimum atomic E-state index is -0.896. The van der Waals surface area contributed by atoms with Gasteiger partial charge in [-0.05, 0) is 50.2 Å². The van der Waals surface area contributed by atoms with Crippen molar-refractivity contribution in [3.05, 3.63) is 80.9 Å². The number of anilines is 1. The van der Waals surface area contributed by atoms with E-state index in [1.54, 1.807) is 20.9 Å². The van der Waals surface area contributed by atoms with Gasteiger partial charge in [0.2, 0.25) is 0 Å². The minimum Gasteiger partial charge on any atom is -0.462 e. The fourth-order valence-corrected chi connectivity index (χ4v) is 5.00. The number of carbonyl (C=O) groups is 2. The van der Waals surface area contributed by atoms with Crippen molar-refractivity contribution in [2.75, 3.05) is 25.2 Å². The van der Waals surface area contributed by atoms with Crippen LogP contribution in [0.3, 0.4) is 0 Å². The van der Waals surface area contributed by atoms with Gasteiger partial charge in [0.25, 0.3) is 5.69 Å². The summed E-state index contributed by atoms with van der Waals surface area (Å²) < 4.78 is 39.9. The van der Waals surface area contributed by atoms with Crippen LogP contribution in [-0.4, -0.2) is 37.2 Å². The second-order valence-electron chi connectivity index (χ2n) is 8.05. The molecular weight excluding hydrogens is 520 g/mol. The number of nitrogens with one attached hydrogen (secondary N) is 1. The Balaban J connectivity index is 2.27. The fourth-order valence-electron chi connectivity index (χ4n) is 3.70. The lowest BCUT2D eigenvalue weighted by atomic mass is 10.0. The van der Waals surface area contributed by atoms with Gasteiger partial charge < -0.3 is 14.8 Å². The van der Waals surface area contributed by atoms with Crippen molar-refractivity contribution >= 4 is 34.1 Å². The third-order valence-corrected chi connectivity index (χ3v) is 6.74. The minimum absolute atomic E-state index is 0.0322. The summed E-state index contributed by atoms with van der Waals surface area (Å²) in [6.07, 6.45) is -0.394. The number of esters is 1. The Bertz CT molecular complexity index is 1290. The van der Waals surface area contributed by atoms with Gasteiger partial charge in [-0.1, -0.05) is 13.0 Å². The molecule has 1 aromatic heterocycles. The van der Waals surface area contributed by atoms with Crippen LogP contribution in [-0.2, 0) is 22.6 Å². The third kappa shape index (κ3) is 6.32. The molecule has 202 valence electrons. The zero-order chi connectivity index (χ0) is 27.8. The van der Waals surface area contributed by atoms with Crippen LogP contribution in [0.2, 0.25) is 0 Å². The number of benzene rings is 2. The van der Waals surface area contributed by atoms with E-state index < -0.39 is 35.2 Å². The van der Waals surface area contributed by atoms with Crippen molar-refractivity contribution in [1.82, 2.24) is 5.32 Å². The van der Waals surface area contributed by atoms with Crippen LogP contribution in [0.4, 0.5) is 24.3 Å². The largest absolute Gasteiger partial charge is 0.462 e. The number of nitro benzene ring substituents is 1. The summed E-state index contributed by atoms with van der Waals surface area (Å²) in [5, 5.41) is 14.2. The van der Waals surface area contributed by atoms with E-state index in [9.17, 15) is 28.5 Å². The predicted octanol–water partition coefficient (Wildman–Crippen LogP) is 6.05. The van der Waals surface area contributed by atoms with Crippen LogP contribution in [0.15, 0.2) is 42.5 Å². The van der Waals surface area contributed by atoms with Gasteiger partial charge in [-0.15, -0.1) is 11.3 Å². The number of amides is 1. The number of carbonyl (C=O) groups excluding carboxylic acids is 2. The standard InChI is InChI=1S/C26H27F2N3O6S/c1-4-13-37-26(33)30(15-19-20(27)7-6-8-21(19)28)24-22(25(32)36-5-2)18(14-29-3)23(38-24)16-9-11-17(12-10-16)31(34)35/h6-12,29H,4-5,13-15H2,1-3H3. The summed E-state index contributed by atoms with van der Waals surface area (Å²) in [4.78, 5) is 38.6. The normalized spacial score (nSPS) is 10.8. The van der Waals surface area contributed by atoms with E-state index in [0.717, 1.165) is 28.4 Å². The molecule has 1 heterocycles. The number of hydrogen-bond donors (Lipinski definition) is 1. The van der Waals surface area contributed by atoms with Gasteiger partial charge in [0.05, 0.1) is 30.2 Å². The molecule has 9 nitrogen and oxygen atoms in total. The molecule has 0 saturated carbocycles. The monoisotopic (exact) mass is 547 g/mol. The number of nitrogens with zero attached hydrogens (tertiary/aromatic N) is 2. The molecule has 0 aliphatic rings. The van der Waals surface area contributed by atoms with E-state index in [-0.39, 0.29) is 41.6 Å². The van der Waals surface area contributed by atoms with Crippen molar-refractivity contribution in [1.29, 1.82) is 0 Å². The molecule has 0 atom stereocenters. The Hall–Kier alpha value is -3.90. The van der Waals surface area contributed by atoms with E-state index in [0.29, 0.717) is 22.4 Å². The average molecular weight is 548 g/mol. The van der Waals surface area contributed by atoms with Gasteiger partial charge in [-0.3, -0.25) is 15.0 Å². The molecule has 3 rings (SSSR count). The van der Waals surface area contributed by atoms with Crippen LogP contribution in [0, 0.1) is 21.7 Å². The first-order valence-corrected chi connectivity index (χ1v) is 12.6. The Morgan fingerprint density at radius 3 is 2.26 bits per heavy atom. The molecule has 0 aliphatic heterocycles. The fraction of sp³-hybridized carbons (Fsp3) is 0.308. The van der Waals surface area contributed by atoms with Gasteiger partial charge in [0, 0.05) is 34.7 Å². The summed E-state index contributed by atoms with van der Waals surface area (Å²) in [6, 6.07) is 9.05. The average Bonchev–Trinajstić information content (AvgIpc) is 3.26. The third-order valence-electron chi connectivity index (χ3n) is 5.44. The van der Waals surface area contributed by atoms with Gasteiger partial charge in [0.15, 0.2) is 0 Å². The van der Waals surface area contributed by atoms with Gasteiger partial charge >= 0.3 is 12.1 Å². The number of ether oxygens (including phenoxy) is 2. The molecule has 0 aliphatic carbocycles. The number of halogens is 2.